The fourth-order valence-electron chi connectivity index (χ4n) is 3.30. The van der Waals surface area contributed by atoms with Crippen molar-refractivity contribution in [3.8, 4) is 0 Å². The fraction of sp³-hybridized carbons (Fsp3) is 0.250. The Morgan fingerprint density at radius 1 is 1.00 bits per heavy atom. The minimum Gasteiger partial charge on any atom is -0.357 e. The van der Waals surface area contributed by atoms with Crippen LogP contribution in [0.2, 0.25) is 0 Å². The molecule has 5 heteroatoms. The maximum atomic E-state index is 12.5. The summed E-state index contributed by atoms with van der Waals surface area (Å²) < 4.78 is 7.26. The van der Waals surface area contributed by atoms with Crippen LogP contribution in [-0.4, -0.2) is 16.2 Å². The predicted octanol–water partition coefficient (Wildman–Crippen LogP) is 3.94. The summed E-state index contributed by atoms with van der Waals surface area (Å²) >= 11 is 0. The van der Waals surface area contributed by atoms with Crippen LogP contribution < -0.4 is 11.2 Å². The maximum Gasteiger partial charge on any atom is 0.330 e. The van der Waals surface area contributed by atoms with Crippen LogP contribution in [0.15, 0.2) is 76.3 Å². The number of hydrogen-bond acceptors (Lipinski definition) is 3. The molecule has 0 aliphatic rings. The normalized spacial score (nSPS) is 11.4. The lowest BCUT2D eigenvalue weighted by molar-refractivity contribution is 0.0944. The number of H-pyrrole nitrogens is 1. The number of aromatic nitrogens is 2. The van der Waals surface area contributed by atoms with Crippen molar-refractivity contribution >= 4 is 6.08 Å². The van der Waals surface area contributed by atoms with Gasteiger partial charge in [0.15, 0.2) is 0 Å². The number of benzene rings is 2. The number of hydrogen-bond donors (Lipinski definition) is 1. The highest BCUT2D eigenvalue weighted by atomic mass is 16.5. The fourth-order valence-corrected chi connectivity index (χ4v) is 3.30. The van der Waals surface area contributed by atoms with Crippen molar-refractivity contribution in [1.29, 1.82) is 0 Å². The van der Waals surface area contributed by atoms with Gasteiger partial charge in [0.2, 0.25) is 0 Å². The Hall–Kier alpha value is -3.18. The third kappa shape index (κ3) is 5.42. The monoisotopic (exact) mass is 390 g/mol. The van der Waals surface area contributed by atoms with E-state index in [2.05, 4.69) is 4.98 Å². The molecule has 3 rings (SSSR count). The van der Waals surface area contributed by atoms with Gasteiger partial charge in [0, 0.05) is 17.7 Å². The van der Waals surface area contributed by atoms with E-state index in [4.69, 9.17) is 4.74 Å². The molecule has 0 saturated heterocycles. The number of nitrogens with one attached hydrogen (secondary N) is 1. The van der Waals surface area contributed by atoms with Gasteiger partial charge in [-0.1, -0.05) is 86.7 Å². The highest BCUT2D eigenvalue weighted by Gasteiger charge is 2.18. The summed E-state index contributed by atoms with van der Waals surface area (Å²) in [4.78, 5) is 27.4. The summed E-state index contributed by atoms with van der Waals surface area (Å²) in [5, 5.41) is 0. The van der Waals surface area contributed by atoms with Gasteiger partial charge in [0.1, 0.15) is 6.73 Å². The predicted molar refractivity (Wildman–Crippen MR) is 116 cm³/mol. The molecule has 150 valence electrons. The first-order valence-electron chi connectivity index (χ1n) is 9.75. The lowest BCUT2D eigenvalue weighted by atomic mass is 9.98. The third-order valence-electron chi connectivity index (χ3n) is 4.68. The molecule has 0 radical (unpaired) electrons. The number of rotatable bonds is 8. The lowest BCUT2D eigenvalue weighted by Gasteiger charge is -2.18. The van der Waals surface area contributed by atoms with E-state index in [0.717, 1.165) is 11.1 Å². The Kier molecular flexibility index (Phi) is 6.98. The van der Waals surface area contributed by atoms with E-state index in [-0.39, 0.29) is 18.2 Å². The molecule has 0 spiro atoms. The van der Waals surface area contributed by atoms with Gasteiger partial charge in [-0.05, 0) is 17.0 Å². The molecule has 1 heterocycles. The molecule has 3 aromatic rings. The zero-order valence-electron chi connectivity index (χ0n) is 16.8. The van der Waals surface area contributed by atoms with Crippen molar-refractivity contribution in [2.24, 2.45) is 0 Å². The Morgan fingerprint density at radius 3 is 2.31 bits per heavy atom. The van der Waals surface area contributed by atoms with Crippen LogP contribution in [0.1, 0.15) is 42.1 Å². The summed E-state index contributed by atoms with van der Waals surface area (Å²) in [5.74, 6) is -0.0118. The Morgan fingerprint density at radius 2 is 1.66 bits per heavy atom. The molecule has 0 aliphatic heterocycles. The minimum absolute atomic E-state index is 0.0118. The summed E-state index contributed by atoms with van der Waals surface area (Å²) in [6.07, 6.45) is 4.38. The molecule has 0 unspecified atom stereocenters. The molecular formula is C24H26N2O3. The van der Waals surface area contributed by atoms with Crippen LogP contribution in [0.5, 0.6) is 0 Å². The molecule has 29 heavy (non-hydrogen) atoms. The van der Waals surface area contributed by atoms with Crippen LogP contribution in [0.3, 0.4) is 0 Å². The van der Waals surface area contributed by atoms with E-state index >= 15 is 0 Å². The molecule has 1 N–H and O–H groups in total. The zero-order valence-corrected chi connectivity index (χ0v) is 16.8. The smallest absolute Gasteiger partial charge is 0.330 e. The van der Waals surface area contributed by atoms with Crippen LogP contribution in [0.25, 0.3) is 6.08 Å². The minimum atomic E-state index is -0.447. The second-order valence-electron chi connectivity index (χ2n) is 7.18. The third-order valence-corrected chi connectivity index (χ3v) is 4.68. The van der Waals surface area contributed by atoms with Crippen LogP contribution in [0.4, 0.5) is 0 Å². The van der Waals surface area contributed by atoms with Gasteiger partial charge in [-0.3, -0.25) is 14.3 Å². The lowest BCUT2D eigenvalue weighted by Crippen LogP contribution is -2.36. The summed E-state index contributed by atoms with van der Waals surface area (Å²) in [7, 11) is 0. The largest absolute Gasteiger partial charge is 0.357 e. The molecule has 5 nitrogen and oxygen atoms in total. The summed E-state index contributed by atoms with van der Waals surface area (Å²) in [6, 6.07) is 19.8. The molecule has 0 saturated carbocycles. The van der Waals surface area contributed by atoms with E-state index in [1.165, 1.54) is 4.57 Å². The quantitative estimate of drug-likeness (QED) is 0.593. The number of aromatic amines is 1. The Bertz CT molecular complexity index is 1060. The number of ether oxygens (including phenoxy) is 1. The average Bonchev–Trinajstić information content (AvgIpc) is 2.71. The molecule has 0 bridgehead atoms. The molecule has 2 aromatic carbocycles. The highest BCUT2D eigenvalue weighted by molar-refractivity contribution is 5.48. The molecule has 0 fully saturated rings. The van der Waals surface area contributed by atoms with Crippen molar-refractivity contribution < 1.29 is 4.74 Å². The topological polar surface area (TPSA) is 64.1 Å². The van der Waals surface area contributed by atoms with Crippen molar-refractivity contribution in [2.45, 2.75) is 32.9 Å². The van der Waals surface area contributed by atoms with E-state index in [0.29, 0.717) is 24.3 Å². The summed E-state index contributed by atoms with van der Waals surface area (Å²) in [6.45, 7) is 4.35. The van der Waals surface area contributed by atoms with Crippen molar-refractivity contribution in [2.75, 3.05) is 6.61 Å². The van der Waals surface area contributed by atoms with Gasteiger partial charge in [-0.25, -0.2) is 4.79 Å². The average molecular weight is 390 g/mol. The molecule has 0 atom stereocenters. The maximum absolute atomic E-state index is 12.5. The van der Waals surface area contributed by atoms with Gasteiger partial charge < -0.3 is 4.74 Å². The van der Waals surface area contributed by atoms with E-state index in [1.807, 2.05) is 86.7 Å². The van der Waals surface area contributed by atoms with E-state index in [1.54, 1.807) is 0 Å². The van der Waals surface area contributed by atoms with Gasteiger partial charge in [-0.15, -0.1) is 0 Å². The summed E-state index contributed by atoms with van der Waals surface area (Å²) in [5.41, 5.74) is 2.68. The standard InChI is InChI=1S/C24H26N2O3/c1-18(2)22-21(16-20-12-7-4-8-13-20)26(24(28)25-23(22)27)17-29-15-9-14-19-10-5-3-6-11-19/h3-14,18H,15-17H2,1-2H3,(H,25,27,28). The van der Waals surface area contributed by atoms with Crippen molar-refractivity contribution in [1.82, 2.24) is 9.55 Å². The zero-order chi connectivity index (χ0) is 20.6. The Labute approximate surface area is 170 Å². The SMILES string of the molecule is CC(C)c1c(Cc2ccccc2)n(COCC=Cc2ccccc2)c(=O)[nH]c1=O. The van der Waals surface area contributed by atoms with Gasteiger partial charge >= 0.3 is 5.69 Å². The molecule has 0 amide bonds. The van der Waals surface area contributed by atoms with Crippen molar-refractivity contribution in [3.05, 3.63) is 110 Å². The van der Waals surface area contributed by atoms with Crippen LogP contribution in [-0.2, 0) is 17.9 Å². The van der Waals surface area contributed by atoms with Gasteiger partial charge in [0.05, 0.1) is 6.61 Å². The second-order valence-corrected chi connectivity index (χ2v) is 7.18. The molecular weight excluding hydrogens is 364 g/mol. The van der Waals surface area contributed by atoms with E-state index < -0.39 is 5.69 Å². The van der Waals surface area contributed by atoms with Crippen LogP contribution >= 0.6 is 0 Å². The van der Waals surface area contributed by atoms with Crippen molar-refractivity contribution in [3.63, 3.8) is 0 Å². The number of nitrogens with zero attached hydrogens (tertiary/aromatic N) is 1. The molecule has 1 aromatic heterocycles. The highest BCUT2D eigenvalue weighted by Crippen LogP contribution is 2.18. The second kappa shape index (κ2) is 9.85. The first-order valence-corrected chi connectivity index (χ1v) is 9.75. The van der Waals surface area contributed by atoms with Gasteiger partial charge in [0.25, 0.3) is 5.56 Å². The Balaban J connectivity index is 1.83. The van der Waals surface area contributed by atoms with E-state index in [9.17, 15) is 9.59 Å². The van der Waals surface area contributed by atoms with Crippen LogP contribution in [0, 0.1) is 0 Å². The first kappa shape index (κ1) is 20.6. The molecule has 0 aliphatic carbocycles. The first-order chi connectivity index (χ1) is 14.1. The van der Waals surface area contributed by atoms with Gasteiger partial charge in [-0.2, -0.15) is 0 Å².